The van der Waals surface area contributed by atoms with Crippen molar-refractivity contribution in [1.82, 2.24) is 20.5 Å². The van der Waals surface area contributed by atoms with E-state index in [9.17, 15) is 9.59 Å². The van der Waals surface area contributed by atoms with Crippen LogP contribution in [0.3, 0.4) is 0 Å². The Morgan fingerprint density at radius 1 is 1.14 bits per heavy atom. The molecule has 0 bridgehead atoms. The van der Waals surface area contributed by atoms with E-state index >= 15 is 0 Å². The predicted octanol–water partition coefficient (Wildman–Crippen LogP) is 2.10. The van der Waals surface area contributed by atoms with Gasteiger partial charge in [-0.2, -0.15) is 0 Å². The fourth-order valence-corrected chi connectivity index (χ4v) is 3.81. The Hall–Kier alpha value is -2.74. The predicted molar refractivity (Wildman–Crippen MR) is 111 cm³/mol. The molecule has 2 N–H and O–H groups in total. The van der Waals surface area contributed by atoms with Crippen LogP contribution in [0.4, 0.5) is 0 Å². The van der Waals surface area contributed by atoms with Crippen LogP contribution in [0.5, 0.6) is 0 Å². The van der Waals surface area contributed by atoms with Crippen LogP contribution in [0.1, 0.15) is 44.4 Å². The molecule has 2 amide bonds. The van der Waals surface area contributed by atoms with Crippen LogP contribution in [0.15, 0.2) is 35.5 Å². The van der Waals surface area contributed by atoms with Gasteiger partial charge in [0.15, 0.2) is 5.96 Å². The van der Waals surface area contributed by atoms with E-state index in [1.807, 2.05) is 13.1 Å². The van der Waals surface area contributed by atoms with Gasteiger partial charge in [0.1, 0.15) is 0 Å². The fourth-order valence-electron chi connectivity index (χ4n) is 2.96. The highest BCUT2D eigenvalue weighted by Gasteiger charge is 2.34. The van der Waals surface area contributed by atoms with Gasteiger partial charge in [-0.05, 0) is 25.5 Å². The number of benzene rings is 1. The van der Waals surface area contributed by atoms with E-state index in [-0.39, 0.29) is 11.8 Å². The Bertz CT molecular complexity index is 842. The van der Waals surface area contributed by atoms with E-state index in [0.717, 1.165) is 24.4 Å². The monoisotopic (exact) mass is 399 g/mol. The van der Waals surface area contributed by atoms with Crippen LogP contribution in [0.2, 0.25) is 0 Å². The summed E-state index contributed by atoms with van der Waals surface area (Å²) in [7, 11) is 0. The average Bonchev–Trinajstić information content (AvgIpc) is 3.26. The Labute approximate surface area is 168 Å². The van der Waals surface area contributed by atoms with Gasteiger partial charge in [0, 0.05) is 43.7 Å². The molecule has 0 saturated heterocycles. The SMILES string of the molecule is CCNC(=NCCc1ncc(CC)s1)NCCN1C(=O)c2ccccc2C1=O. The smallest absolute Gasteiger partial charge is 0.261 e. The van der Waals surface area contributed by atoms with Gasteiger partial charge >= 0.3 is 0 Å². The second-order valence-corrected chi connectivity index (χ2v) is 7.52. The van der Waals surface area contributed by atoms with Crippen molar-refractivity contribution in [3.8, 4) is 0 Å². The van der Waals surface area contributed by atoms with Gasteiger partial charge in [0.2, 0.25) is 0 Å². The van der Waals surface area contributed by atoms with Gasteiger partial charge in [-0.1, -0.05) is 19.1 Å². The number of aromatic nitrogens is 1. The Kier molecular flexibility index (Phi) is 6.76. The highest BCUT2D eigenvalue weighted by atomic mass is 32.1. The topological polar surface area (TPSA) is 86.7 Å². The van der Waals surface area contributed by atoms with Crippen molar-refractivity contribution in [1.29, 1.82) is 0 Å². The molecule has 3 rings (SSSR count). The van der Waals surface area contributed by atoms with E-state index in [0.29, 0.717) is 36.7 Å². The first kappa shape index (κ1) is 20.0. The number of carbonyl (C=O) groups is 2. The second kappa shape index (κ2) is 9.45. The second-order valence-electron chi connectivity index (χ2n) is 6.32. The Morgan fingerprint density at radius 3 is 2.46 bits per heavy atom. The van der Waals surface area contributed by atoms with Crippen LogP contribution in [0.25, 0.3) is 0 Å². The Balaban J connectivity index is 1.51. The van der Waals surface area contributed by atoms with E-state index in [1.165, 1.54) is 9.78 Å². The zero-order valence-corrected chi connectivity index (χ0v) is 17.0. The molecule has 2 aromatic rings. The first-order valence-electron chi connectivity index (χ1n) is 9.55. The third kappa shape index (κ3) is 4.56. The molecule has 148 valence electrons. The number of nitrogens with zero attached hydrogens (tertiary/aromatic N) is 3. The van der Waals surface area contributed by atoms with E-state index < -0.39 is 0 Å². The number of amides is 2. The molecular formula is C20H25N5O2S. The van der Waals surface area contributed by atoms with Gasteiger partial charge < -0.3 is 10.6 Å². The quantitative estimate of drug-likeness (QED) is 0.403. The summed E-state index contributed by atoms with van der Waals surface area (Å²) >= 11 is 1.72. The van der Waals surface area contributed by atoms with Crippen LogP contribution in [0, 0.1) is 0 Å². The molecule has 7 nitrogen and oxygen atoms in total. The molecule has 0 atom stereocenters. The Morgan fingerprint density at radius 2 is 1.86 bits per heavy atom. The first-order chi connectivity index (χ1) is 13.6. The number of hydrogen-bond acceptors (Lipinski definition) is 5. The highest BCUT2D eigenvalue weighted by molar-refractivity contribution is 7.11. The van der Waals surface area contributed by atoms with Crippen LogP contribution in [-0.2, 0) is 12.8 Å². The van der Waals surface area contributed by atoms with Crippen molar-refractivity contribution in [3.63, 3.8) is 0 Å². The molecule has 1 aliphatic rings. The largest absolute Gasteiger partial charge is 0.357 e. The van der Waals surface area contributed by atoms with Crippen LogP contribution >= 0.6 is 11.3 Å². The number of guanidine groups is 1. The lowest BCUT2D eigenvalue weighted by molar-refractivity contribution is 0.0657. The summed E-state index contributed by atoms with van der Waals surface area (Å²) in [6.07, 6.45) is 3.72. The summed E-state index contributed by atoms with van der Waals surface area (Å²) in [5.74, 6) is 0.200. The number of imide groups is 1. The number of fused-ring (bicyclic) bond motifs is 1. The minimum atomic E-state index is -0.236. The van der Waals surface area contributed by atoms with Gasteiger partial charge in [0.05, 0.1) is 16.1 Å². The van der Waals surface area contributed by atoms with Gasteiger partial charge in [-0.15, -0.1) is 11.3 Å². The summed E-state index contributed by atoms with van der Waals surface area (Å²) in [6.45, 7) is 6.21. The van der Waals surface area contributed by atoms with Gasteiger partial charge in [-0.3, -0.25) is 19.5 Å². The summed E-state index contributed by atoms with van der Waals surface area (Å²) in [5, 5.41) is 7.46. The molecule has 0 aliphatic carbocycles. The zero-order chi connectivity index (χ0) is 19.9. The van der Waals surface area contributed by atoms with Crippen LogP contribution < -0.4 is 10.6 Å². The van der Waals surface area contributed by atoms with Crippen molar-refractivity contribution in [2.24, 2.45) is 4.99 Å². The lowest BCUT2D eigenvalue weighted by Gasteiger charge is -2.16. The average molecular weight is 400 g/mol. The lowest BCUT2D eigenvalue weighted by atomic mass is 10.1. The third-order valence-corrected chi connectivity index (χ3v) is 5.60. The maximum absolute atomic E-state index is 12.4. The zero-order valence-electron chi connectivity index (χ0n) is 16.2. The van der Waals surface area contributed by atoms with Crippen molar-refractivity contribution in [3.05, 3.63) is 51.5 Å². The molecule has 0 unspecified atom stereocenters. The molecule has 1 aliphatic heterocycles. The minimum absolute atomic E-state index is 0.236. The molecule has 8 heteroatoms. The van der Waals surface area contributed by atoms with Crippen molar-refractivity contribution in [2.75, 3.05) is 26.2 Å². The molecule has 0 saturated carbocycles. The number of hydrogen-bond donors (Lipinski definition) is 2. The highest BCUT2D eigenvalue weighted by Crippen LogP contribution is 2.21. The fraction of sp³-hybridized carbons (Fsp3) is 0.400. The number of nitrogens with one attached hydrogen (secondary N) is 2. The maximum atomic E-state index is 12.4. The number of aliphatic imine (C=N–C) groups is 1. The first-order valence-corrected chi connectivity index (χ1v) is 10.4. The molecule has 0 fully saturated rings. The molecule has 0 spiro atoms. The van der Waals surface area contributed by atoms with E-state index in [2.05, 4.69) is 27.5 Å². The molecule has 0 radical (unpaired) electrons. The third-order valence-electron chi connectivity index (χ3n) is 4.40. The molecule has 1 aromatic heterocycles. The number of rotatable bonds is 8. The summed E-state index contributed by atoms with van der Waals surface area (Å²) in [5.41, 5.74) is 0.950. The summed E-state index contributed by atoms with van der Waals surface area (Å²) in [4.78, 5) is 36.3. The molecule has 2 heterocycles. The standard InChI is InChI=1S/C20H25N5O2S/c1-3-14-13-24-17(28-14)9-10-22-20(21-4-2)23-11-12-25-18(26)15-7-5-6-8-16(15)19(25)27/h5-8,13H,3-4,9-12H2,1-2H3,(H2,21,22,23). The maximum Gasteiger partial charge on any atom is 0.261 e. The number of carbonyl (C=O) groups excluding carboxylic acids is 2. The number of thiazole rings is 1. The van der Waals surface area contributed by atoms with Gasteiger partial charge in [-0.25, -0.2) is 4.98 Å². The van der Waals surface area contributed by atoms with E-state index in [1.54, 1.807) is 35.6 Å². The minimum Gasteiger partial charge on any atom is -0.357 e. The summed E-state index contributed by atoms with van der Waals surface area (Å²) in [6, 6.07) is 6.93. The lowest BCUT2D eigenvalue weighted by Crippen LogP contribution is -2.43. The summed E-state index contributed by atoms with van der Waals surface area (Å²) < 4.78 is 0. The van der Waals surface area contributed by atoms with E-state index in [4.69, 9.17) is 0 Å². The molecule has 1 aromatic carbocycles. The molecule has 28 heavy (non-hydrogen) atoms. The van der Waals surface area contributed by atoms with Gasteiger partial charge in [0.25, 0.3) is 11.8 Å². The van der Waals surface area contributed by atoms with Crippen LogP contribution in [-0.4, -0.2) is 53.8 Å². The molecular weight excluding hydrogens is 374 g/mol. The normalized spacial score (nSPS) is 13.8. The van der Waals surface area contributed by atoms with Crippen molar-refractivity contribution < 1.29 is 9.59 Å². The number of aryl methyl sites for hydroxylation is 1. The van der Waals surface area contributed by atoms with Crippen molar-refractivity contribution in [2.45, 2.75) is 26.7 Å². The van der Waals surface area contributed by atoms with Crippen molar-refractivity contribution >= 4 is 29.1 Å².